The number of rotatable bonds is 3. The molecule has 2 aromatic rings. The molecular weight excluding hydrogens is 246 g/mol. The molecule has 0 amide bonds. The lowest BCUT2D eigenvalue weighted by atomic mass is 10.1. The topological polar surface area (TPSA) is 61.8 Å². The van der Waals surface area contributed by atoms with Gasteiger partial charge in [-0.15, -0.1) is 0 Å². The van der Waals surface area contributed by atoms with E-state index < -0.39 is 0 Å². The number of hydrogen-bond donors (Lipinski definition) is 2. The van der Waals surface area contributed by atoms with Gasteiger partial charge >= 0.3 is 0 Å². The zero-order valence-corrected chi connectivity index (χ0v) is 10.4. The Labute approximate surface area is 111 Å². The van der Waals surface area contributed by atoms with Crippen LogP contribution in [-0.2, 0) is 6.54 Å². The molecule has 0 aliphatic heterocycles. The third kappa shape index (κ3) is 2.73. The van der Waals surface area contributed by atoms with E-state index in [1.165, 1.54) is 0 Å². The van der Waals surface area contributed by atoms with Gasteiger partial charge in [0.2, 0.25) is 0 Å². The molecule has 3 N–H and O–H groups in total. The molecule has 0 aromatic heterocycles. The third-order valence-electron chi connectivity index (χ3n) is 2.61. The van der Waals surface area contributed by atoms with Gasteiger partial charge in [-0.25, -0.2) is 0 Å². The van der Waals surface area contributed by atoms with Gasteiger partial charge in [0.15, 0.2) is 0 Å². The van der Waals surface area contributed by atoms with Gasteiger partial charge in [0, 0.05) is 11.6 Å². The summed E-state index contributed by atoms with van der Waals surface area (Å²) in [6.07, 6.45) is 0. The zero-order chi connectivity index (χ0) is 13.0. The molecule has 90 valence electrons. The number of nitrogens with two attached hydrogens (primary N) is 1. The number of hydrogen-bond acceptors (Lipinski definition) is 3. The maximum Gasteiger partial charge on any atom is 0.0992 e. The average Bonchev–Trinajstić information content (AvgIpc) is 2.39. The van der Waals surface area contributed by atoms with Crippen molar-refractivity contribution >= 4 is 23.0 Å². The van der Waals surface area contributed by atoms with E-state index in [0.717, 1.165) is 16.3 Å². The van der Waals surface area contributed by atoms with Crippen LogP contribution in [-0.4, -0.2) is 0 Å². The highest BCUT2D eigenvalue weighted by molar-refractivity contribution is 6.31. The summed E-state index contributed by atoms with van der Waals surface area (Å²) >= 11 is 6.06. The smallest absolute Gasteiger partial charge is 0.0992 e. The first-order chi connectivity index (χ1) is 8.70. The van der Waals surface area contributed by atoms with E-state index in [1.54, 1.807) is 18.2 Å². The molecule has 0 saturated carbocycles. The van der Waals surface area contributed by atoms with E-state index in [0.29, 0.717) is 17.8 Å². The number of benzene rings is 2. The first kappa shape index (κ1) is 12.3. The molecular formula is C14H12ClN3. The Morgan fingerprint density at radius 3 is 2.67 bits per heavy atom. The SMILES string of the molecule is N#Cc1ccc(NCc2ccccc2Cl)c(N)c1. The van der Waals surface area contributed by atoms with Crippen LogP contribution in [0.4, 0.5) is 11.4 Å². The van der Waals surface area contributed by atoms with E-state index in [4.69, 9.17) is 22.6 Å². The molecule has 2 aromatic carbocycles. The van der Waals surface area contributed by atoms with Crippen molar-refractivity contribution < 1.29 is 0 Å². The maximum atomic E-state index is 8.75. The van der Waals surface area contributed by atoms with Gasteiger partial charge in [-0.05, 0) is 29.8 Å². The van der Waals surface area contributed by atoms with E-state index in [2.05, 4.69) is 5.32 Å². The van der Waals surface area contributed by atoms with E-state index in [-0.39, 0.29) is 0 Å². The van der Waals surface area contributed by atoms with Gasteiger partial charge in [0.1, 0.15) is 0 Å². The molecule has 0 saturated heterocycles. The number of nitrogens with one attached hydrogen (secondary N) is 1. The Hall–Kier alpha value is -2.18. The van der Waals surface area contributed by atoms with Crippen LogP contribution in [0.25, 0.3) is 0 Å². The second-order valence-electron chi connectivity index (χ2n) is 3.86. The van der Waals surface area contributed by atoms with E-state index in [9.17, 15) is 0 Å². The predicted octanol–water partition coefficient (Wildman–Crippen LogP) is 3.41. The summed E-state index contributed by atoms with van der Waals surface area (Å²) < 4.78 is 0. The van der Waals surface area contributed by atoms with Crippen molar-refractivity contribution in [2.24, 2.45) is 0 Å². The average molecular weight is 258 g/mol. The Morgan fingerprint density at radius 2 is 2.00 bits per heavy atom. The van der Waals surface area contributed by atoms with Crippen molar-refractivity contribution in [1.82, 2.24) is 0 Å². The molecule has 18 heavy (non-hydrogen) atoms. The summed E-state index contributed by atoms with van der Waals surface area (Å²) in [5.41, 5.74) is 8.76. The quantitative estimate of drug-likeness (QED) is 0.829. The number of nitrogens with zero attached hydrogens (tertiary/aromatic N) is 1. The summed E-state index contributed by atoms with van der Waals surface area (Å²) in [7, 11) is 0. The molecule has 0 spiro atoms. The number of halogens is 1. The predicted molar refractivity (Wildman–Crippen MR) is 74.3 cm³/mol. The third-order valence-corrected chi connectivity index (χ3v) is 2.98. The molecule has 0 aliphatic carbocycles. The Kier molecular flexibility index (Phi) is 3.71. The lowest BCUT2D eigenvalue weighted by Gasteiger charge is -2.10. The van der Waals surface area contributed by atoms with E-state index >= 15 is 0 Å². The van der Waals surface area contributed by atoms with Crippen LogP contribution in [0, 0.1) is 11.3 Å². The first-order valence-corrected chi connectivity index (χ1v) is 5.85. The summed E-state index contributed by atoms with van der Waals surface area (Å²) in [5.74, 6) is 0. The highest BCUT2D eigenvalue weighted by atomic mass is 35.5. The summed E-state index contributed by atoms with van der Waals surface area (Å²) in [4.78, 5) is 0. The number of nitrogen functional groups attached to an aromatic ring is 1. The van der Waals surface area contributed by atoms with Gasteiger partial charge in [-0.2, -0.15) is 5.26 Å². The zero-order valence-electron chi connectivity index (χ0n) is 9.65. The Bertz CT molecular complexity index is 602. The van der Waals surface area contributed by atoms with Crippen LogP contribution >= 0.6 is 11.6 Å². The highest BCUT2D eigenvalue weighted by Gasteiger charge is 2.02. The molecule has 0 fully saturated rings. The number of nitriles is 1. The Morgan fingerprint density at radius 1 is 1.22 bits per heavy atom. The minimum absolute atomic E-state index is 0.552. The molecule has 3 nitrogen and oxygen atoms in total. The van der Waals surface area contributed by atoms with Crippen molar-refractivity contribution in [2.75, 3.05) is 11.1 Å². The fraction of sp³-hybridized carbons (Fsp3) is 0.0714. The summed E-state index contributed by atoms with van der Waals surface area (Å²) in [6, 6.07) is 14.8. The van der Waals surface area contributed by atoms with Gasteiger partial charge in [-0.1, -0.05) is 29.8 Å². The van der Waals surface area contributed by atoms with Crippen molar-refractivity contribution in [1.29, 1.82) is 5.26 Å². The molecule has 0 atom stereocenters. The fourth-order valence-electron chi connectivity index (χ4n) is 1.63. The van der Waals surface area contributed by atoms with Crippen LogP contribution in [0.2, 0.25) is 5.02 Å². The summed E-state index contributed by atoms with van der Waals surface area (Å²) in [6.45, 7) is 0.593. The van der Waals surface area contributed by atoms with Gasteiger partial charge in [0.05, 0.1) is 23.0 Å². The van der Waals surface area contributed by atoms with Crippen LogP contribution < -0.4 is 11.1 Å². The minimum Gasteiger partial charge on any atom is -0.397 e. The Balaban J connectivity index is 2.12. The molecule has 0 radical (unpaired) electrons. The maximum absolute atomic E-state index is 8.75. The molecule has 0 bridgehead atoms. The second kappa shape index (κ2) is 5.44. The summed E-state index contributed by atoms with van der Waals surface area (Å²) in [5, 5.41) is 12.7. The standard InChI is InChI=1S/C14H12ClN3/c15-12-4-2-1-3-11(12)9-18-14-6-5-10(8-16)7-13(14)17/h1-7,18H,9,17H2. The van der Waals surface area contributed by atoms with Crippen LogP contribution in [0.3, 0.4) is 0 Å². The van der Waals surface area contributed by atoms with Crippen LogP contribution in [0.1, 0.15) is 11.1 Å². The molecule has 4 heteroatoms. The monoisotopic (exact) mass is 257 g/mol. The lowest BCUT2D eigenvalue weighted by molar-refractivity contribution is 1.15. The largest absolute Gasteiger partial charge is 0.397 e. The lowest BCUT2D eigenvalue weighted by Crippen LogP contribution is -2.03. The van der Waals surface area contributed by atoms with Crippen molar-refractivity contribution in [3.63, 3.8) is 0 Å². The van der Waals surface area contributed by atoms with Crippen LogP contribution in [0.5, 0.6) is 0 Å². The molecule has 0 aliphatic rings. The minimum atomic E-state index is 0.552. The molecule has 0 unspecified atom stereocenters. The second-order valence-corrected chi connectivity index (χ2v) is 4.27. The fourth-order valence-corrected chi connectivity index (χ4v) is 1.83. The van der Waals surface area contributed by atoms with Gasteiger partial charge in [-0.3, -0.25) is 0 Å². The van der Waals surface area contributed by atoms with Crippen LogP contribution in [0.15, 0.2) is 42.5 Å². The van der Waals surface area contributed by atoms with Crippen molar-refractivity contribution in [2.45, 2.75) is 6.54 Å². The first-order valence-electron chi connectivity index (χ1n) is 5.47. The molecule has 0 heterocycles. The number of anilines is 2. The van der Waals surface area contributed by atoms with Gasteiger partial charge < -0.3 is 11.1 Å². The molecule has 2 rings (SSSR count). The normalized spacial score (nSPS) is 9.78. The van der Waals surface area contributed by atoms with Crippen molar-refractivity contribution in [3.05, 3.63) is 58.6 Å². The van der Waals surface area contributed by atoms with Gasteiger partial charge in [0.25, 0.3) is 0 Å². The van der Waals surface area contributed by atoms with E-state index in [1.807, 2.05) is 30.3 Å². The van der Waals surface area contributed by atoms with Crippen molar-refractivity contribution in [3.8, 4) is 6.07 Å². The highest BCUT2D eigenvalue weighted by Crippen LogP contribution is 2.22.